The van der Waals surface area contributed by atoms with E-state index in [4.69, 9.17) is 0 Å². The topological polar surface area (TPSA) is 29.1 Å². The molecule has 1 amide bonds. The summed E-state index contributed by atoms with van der Waals surface area (Å²) in [6, 6.07) is 7.99. The predicted octanol–water partition coefficient (Wildman–Crippen LogP) is 3.89. The summed E-state index contributed by atoms with van der Waals surface area (Å²) in [4.78, 5) is 11.5. The summed E-state index contributed by atoms with van der Waals surface area (Å²) in [6.45, 7) is 8.52. The molecule has 0 aliphatic carbocycles. The second-order valence-electron chi connectivity index (χ2n) is 5.13. The van der Waals surface area contributed by atoms with Crippen LogP contribution in [0.4, 0.5) is 5.69 Å². The van der Waals surface area contributed by atoms with Crippen LogP contribution in [0.25, 0.3) is 0 Å². The van der Waals surface area contributed by atoms with Crippen LogP contribution in [0, 0.1) is 0 Å². The second kappa shape index (κ2) is 5.67. The van der Waals surface area contributed by atoms with E-state index in [0.717, 1.165) is 12.1 Å². The molecule has 0 aliphatic heterocycles. The van der Waals surface area contributed by atoms with E-state index in [0.29, 0.717) is 0 Å². The van der Waals surface area contributed by atoms with Crippen molar-refractivity contribution in [2.75, 3.05) is 5.32 Å². The number of benzene rings is 1. The predicted molar refractivity (Wildman–Crippen MR) is 73.2 cm³/mol. The standard InChI is InChI=1S/C15H21NO/c1-5-6-7-14(17)16-13-10-8-12(9-11-13)15(2,3)4/h6-11H,5H2,1-4H3,(H,16,17)/b7-6+. The Hall–Kier alpha value is -1.57. The molecule has 1 aromatic carbocycles. The lowest BCUT2D eigenvalue weighted by Gasteiger charge is -2.19. The monoisotopic (exact) mass is 231 g/mol. The van der Waals surface area contributed by atoms with Crippen molar-refractivity contribution in [2.24, 2.45) is 0 Å². The molecule has 0 bridgehead atoms. The Morgan fingerprint density at radius 3 is 2.29 bits per heavy atom. The van der Waals surface area contributed by atoms with Gasteiger partial charge in [0, 0.05) is 5.69 Å². The number of rotatable bonds is 3. The highest BCUT2D eigenvalue weighted by atomic mass is 16.1. The van der Waals surface area contributed by atoms with E-state index >= 15 is 0 Å². The number of hydrogen-bond acceptors (Lipinski definition) is 1. The molecule has 2 nitrogen and oxygen atoms in total. The molecule has 0 saturated heterocycles. The van der Waals surface area contributed by atoms with Crippen LogP contribution in [0.2, 0.25) is 0 Å². The lowest BCUT2D eigenvalue weighted by Crippen LogP contribution is -2.12. The molecule has 92 valence electrons. The van der Waals surface area contributed by atoms with Gasteiger partial charge in [0.25, 0.3) is 0 Å². The van der Waals surface area contributed by atoms with Crippen LogP contribution in [-0.4, -0.2) is 5.91 Å². The van der Waals surface area contributed by atoms with E-state index in [1.54, 1.807) is 6.08 Å². The van der Waals surface area contributed by atoms with Gasteiger partial charge < -0.3 is 5.32 Å². The highest BCUT2D eigenvalue weighted by Gasteiger charge is 2.12. The van der Waals surface area contributed by atoms with Gasteiger partial charge in [-0.3, -0.25) is 4.79 Å². The molecule has 0 spiro atoms. The molecule has 0 unspecified atom stereocenters. The van der Waals surface area contributed by atoms with Gasteiger partial charge in [0.2, 0.25) is 5.91 Å². The van der Waals surface area contributed by atoms with Crippen molar-refractivity contribution in [1.82, 2.24) is 0 Å². The van der Waals surface area contributed by atoms with Gasteiger partial charge in [-0.2, -0.15) is 0 Å². The summed E-state index contributed by atoms with van der Waals surface area (Å²) in [5, 5.41) is 2.83. The number of hydrogen-bond donors (Lipinski definition) is 1. The van der Waals surface area contributed by atoms with Crippen molar-refractivity contribution in [3.63, 3.8) is 0 Å². The fraction of sp³-hybridized carbons (Fsp3) is 0.400. The van der Waals surface area contributed by atoms with Crippen molar-refractivity contribution in [3.05, 3.63) is 42.0 Å². The maximum atomic E-state index is 11.5. The minimum atomic E-state index is -0.0737. The summed E-state index contributed by atoms with van der Waals surface area (Å²) in [7, 11) is 0. The number of allylic oxidation sites excluding steroid dienone is 1. The number of carbonyl (C=O) groups is 1. The maximum absolute atomic E-state index is 11.5. The molecule has 0 saturated carbocycles. The average Bonchev–Trinajstić information content (AvgIpc) is 2.26. The van der Waals surface area contributed by atoms with Crippen LogP contribution in [0.15, 0.2) is 36.4 Å². The molecule has 0 aromatic heterocycles. The largest absolute Gasteiger partial charge is 0.323 e. The first-order chi connectivity index (χ1) is 7.93. The fourth-order valence-electron chi connectivity index (χ4n) is 1.46. The zero-order valence-corrected chi connectivity index (χ0v) is 11.1. The first-order valence-corrected chi connectivity index (χ1v) is 6.01. The van der Waals surface area contributed by atoms with Crippen LogP contribution in [0.1, 0.15) is 39.7 Å². The fourth-order valence-corrected chi connectivity index (χ4v) is 1.46. The quantitative estimate of drug-likeness (QED) is 0.786. The third-order valence-electron chi connectivity index (χ3n) is 2.52. The average molecular weight is 231 g/mol. The Morgan fingerprint density at radius 1 is 1.24 bits per heavy atom. The van der Waals surface area contributed by atoms with E-state index in [2.05, 4.69) is 38.2 Å². The summed E-state index contributed by atoms with van der Waals surface area (Å²) in [5.41, 5.74) is 2.24. The highest BCUT2D eigenvalue weighted by molar-refractivity contribution is 5.99. The molecule has 0 radical (unpaired) electrons. The van der Waals surface area contributed by atoms with Crippen molar-refractivity contribution in [3.8, 4) is 0 Å². The van der Waals surface area contributed by atoms with Gasteiger partial charge in [-0.05, 0) is 35.6 Å². The van der Waals surface area contributed by atoms with Crippen molar-refractivity contribution >= 4 is 11.6 Å². The molecule has 0 heterocycles. The van der Waals surface area contributed by atoms with Gasteiger partial charge in [0.1, 0.15) is 0 Å². The Bertz CT molecular complexity index is 396. The molecule has 1 aromatic rings. The summed E-state index contributed by atoms with van der Waals surface area (Å²) in [6.07, 6.45) is 4.28. The molecule has 0 atom stereocenters. The number of nitrogens with one attached hydrogen (secondary N) is 1. The van der Waals surface area contributed by atoms with Crippen LogP contribution < -0.4 is 5.32 Å². The van der Waals surface area contributed by atoms with Gasteiger partial charge >= 0.3 is 0 Å². The van der Waals surface area contributed by atoms with Gasteiger partial charge in [-0.1, -0.05) is 45.9 Å². The normalized spacial score (nSPS) is 11.8. The summed E-state index contributed by atoms with van der Waals surface area (Å²) >= 11 is 0. The number of anilines is 1. The van der Waals surface area contributed by atoms with Crippen LogP contribution >= 0.6 is 0 Å². The minimum Gasteiger partial charge on any atom is -0.323 e. The van der Waals surface area contributed by atoms with E-state index in [-0.39, 0.29) is 11.3 Å². The molecule has 1 rings (SSSR count). The van der Waals surface area contributed by atoms with Crippen molar-refractivity contribution in [1.29, 1.82) is 0 Å². The smallest absolute Gasteiger partial charge is 0.248 e. The molecular formula is C15H21NO. The number of amides is 1. The van der Waals surface area contributed by atoms with Gasteiger partial charge in [0.05, 0.1) is 0 Å². The van der Waals surface area contributed by atoms with E-state index in [1.807, 2.05) is 25.1 Å². The van der Waals surface area contributed by atoms with Gasteiger partial charge in [0.15, 0.2) is 0 Å². The van der Waals surface area contributed by atoms with Crippen molar-refractivity contribution < 1.29 is 4.79 Å². The van der Waals surface area contributed by atoms with Crippen LogP contribution in [-0.2, 0) is 10.2 Å². The molecular weight excluding hydrogens is 210 g/mol. The SMILES string of the molecule is CC/C=C/C(=O)Nc1ccc(C(C)(C)C)cc1. The van der Waals surface area contributed by atoms with Gasteiger partial charge in [-0.15, -0.1) is 0 Å². The zero-order valence-electron chi connectivity index (χ0n) is 11.1. The minimum absolute atomic E-state index is 0.0737. The highest BCUT2D eigenvalue weighted by Crippen LogP contribution is 2.23. The Labute approximate surface area is 104 Å². The lowest BCUT2D eigenvalue weighted by molar-refractivity contribution is -0.111. The Morgan fingerprint density at radius 2 is 1.82 bits per heavy atom. The first kappa shape index (κ1) is 13.5. The lowest BCUT2D eigenvalue weighted by atomic mass is 9.87. The summed E-state index contributed by atoms with van der Waals surface area (Å²) < 4.78 is 0. The summed E-state index contributed by atoms with van der Waals surface area (Å²) in [5.74, 6) is -0.0737. The molecule has 0 fully saturated rings. The molecule has 2 heteroatoms. The van der Waals surface area contributed by atoms with E-state index in [9.17, 15) is 4.79 Å². The molecule has 17 heavy (non-hydrogen) atoms. The van der Waals surface area contributed by atoms with E-state index < -0.39 is 0 Å². The van der Waals surface area contributed by atoms with E-state index in [1.165, 1.54) is 5.56 Å². The van der Waals surface area contributed by atoms with Crippen LogP contribution in [0.5, 0.6) is 0 Å². The Balaban J connectivity index is 2.69. The first-order valence-electron chi connectivity index (χ1n) is 6.01. The third-order valence-corrected chi connectivity index (χ3v) is 2.52. The zero-order chi connectivity index (χ0) is 12.9. The third kappa shape index (κ3) is 4.43. The molecule has 1 N–H and O–H groups in total. The van der Waals surface area contributed by atoms with Crippen molar-refractivity contribution in [2.45, 2.75) is 39.5 Å². The maximum Gasteiger partial charge on any atom is 0.248 e. The molecule has 0 aliphatic rings. The second-order valence-corrected chi connectivity index (χ2v) is 5.13. The van der Waals surface area contributed by atoms with Gasteiger partial charge in [-0.25, -0.2) is 0 Å². The Kier molecular flexibility index (Phi) is 4.50. The van der Waals surface area contributed by atoms with Crippen LogP contribution in [0.3, 0.4) is 0 Å². The number of carbonyl (C=O) groups excluding carboxylic acids is 1.